The number of aldehydes is 1. The third-order valence-electron chi connectivity index (χ3n) is 16.5. The van der Waals surface area contributed by atoms with Crippen LogP contribution in [-0.2, 0) is 65.0 Å². The van der Waals surface area contributed by atoms with Crippen LogP contribution in [0.15, 0.2) is 54.1 Å². The van der Waals surface area contributed by atoms with Crippen molar-refractivity contribution in [3.8, 4) is 5.75 Å². The minimum Gasteiger partial charge on any atom is -0.495 e. The van der Waals surface area contributed by atoms with Crippen molar-refractivity contribution in [2.24, 2.45) is 17.6 Å². The van der Waals surface area contributed by atoms with Crippen LogP contribution in [0.25, 0.3) is 0 Å². The molecule has 0 aliphatic carbocycles. The molecule has 0 aromatic heterocycles. The fraction of sp³-hybridized carbons (Fsp3) is 0.597. The maximum atomic E-state index is 15.1. The van der Waals surface area contributed by atoms with Crippen molar-refractivity contribution in [1.29, 1.82) is 0 Å². The molecule has 8 amide bonds. The highest BCUT2D eigenvalue weighted by Crippen LogP contribution is 2.49. The average Bonchev–Trinajstić information content (AvgIpc) is 1.57. The number of allylic oxidation sites excluding steroid dienone is 3. The van der Waals surface area contributed by atoms with E-state index in [1.165, 1.54) is 33.1 Å². The first-order valence-electron chi connectivity index (χ1n) is 29.9. The smallest absolute Gasteiger partial charge is 0.418 e. The highest BCUT2D eigenvalue weighted by Gasteiger charge is 2.64. The van der Waals surface area contributed by atoms with E-state index in [1.54, 1.807) is 65.0 Å². The van der Waals surface area contributed by atoms with Crippen molar-refractivity contribution in [2.75, 3.05) is 55.7 Å². The van der Waals surface area contributed by atoms with E-state index in [1.807, 2.05) is 6.92 Å². The Balaban J connectivity index is 1.37. The van der Waals surface area contributed by atoms with Crippen LogP contribution in [0.5, 0.6) is 5.75 Å². The van der Waals surface area contributed by atoms with Gasteiger partial charge in [-0.25, -0.2) is 14.4 Å². The van der Waals surface area contributed by atoms with E-state index in [0.717, 1.165) is 29.7 Å². The summed E-state index contributed by atoms with van der Waals surface area (Å²) < 4.78 is 80.5. The van der Waals surface area contributed by atoms with E-state index in [-0.39, 0.29) is 65.5 Å². The van der Waals surface area contributed by atoms with E-state index in [0.29, 0.717) is 43.6 Å². The molecular formula is C62H84Br2ClF3N8O16. The molecule has 24 nitrogen and oxygen atoms in total. The summed E-state index contributed by atoms with van der Waals surface area (Å²) in [4.78, 5) is 123. The largest absolute Gasteiger partial charge is 0.495 e. The van der Waals surface area contributed by atoms with Crippen molar-refractivity contribution in [3.05, 3.63) is 75.8 Å². The second-order valence-electron chi connectivity index (χ2n) is 24.0. The van der Waals surface area contributed by atoms with E-state index in [2.05, 4.69) is 58.4 Å². The number of carbonyl (C=O) groups excluding carboxylic acids is 9. The van der Waals surface area contributed by atoms with Gasteiger partial charge in [0.1, 0.15) is 58.4 Å². The molecule has 3 heterocycles. The van der Waals surface area contributed by atoms with Crippen LogP contribution in [0, 0.1) is 11.8 Å². The van der Waals surface area contributed by atoms with E-state index in [4.69, 9.17) is 45.8 Å². The predicted molar refractivity (Wildman–Crippen MR) is 341 cm³/mol. The number of anilines is 2. The highest BCUT2D eigenvalue weighted by molar-refractivity contribution is 9.10. The molecule has 510 valence electrons. The Morgan fingerprint density at radius 1 is 1.01 bits per heavy atom. The van der Waals surface area contributed by atoms with Crippen molar-refractivity contribution < 1.29 is 89.8 Å². The number of halogens is 6. The molecular weight excluding hydrogens is 1360 g/mol. The Bertz CT molecular complexity index is 3090. The fourth-order valence-electron chi connectivity index (χ4n) is 10.8. The maximum Gasteiger partial charge on any atom is 0.418 e. The first-order chi connectivity index (χ1) is 43.1. The molecule has 5 rings (SSSR count). The lowest BCUT2D eigenvalue weighted by Gasteiger charge is -2.42. The Morgan fingerprint density at radius 3 is 2.30 bits per heavy atom. The number of hydrogen-bond acceptors (Lipinski definition) is 16. The summed E-state index contributed by atoms with van der Waals surface area (Å²) in [6.45, 7) is 11.3. The molecule has 8 N–H and O–H groups in total. The van der Waals surface area contributed by atoms with Crippen molar-refractivity contribution >= 4 is 109 Å². The number of carbonyl (C=O) groups is 9. The number of aliphatic hydroxyl groups is 1. The Morgan fingerprint density at radius 2 is 1.70 bits per heavy atom. The molecule has 3 aliphatic heterocycles. The second-order valence-corrected chi connectivity index (χ2v) is 25.5. The molecule has 30 heteroatoms. The van der Waals surface area contributed by atoms with E-state index in [9.17, 15) is 48.3 Å². The van der Waals surface area contributed by atoms with Crippen LogP contribution >= 0.6 is 43.5 Å². The van der Waals surface area contributed by atoms with Gasteiger partial charge in [0.25, 0.3) is 5.91 Å². The van der Waals surface area contributed by atoms with Gasteiger partial charge in [0.2, 0.25) is 23.6 Å². The molecule has 92 heavy (non-hydrogen) atoms. The van der Waals surface area contributed by atoms with Gasteiger partial charge in [-0.15, -0.1) is 0 Å². The summed E-state index contributed by atoms with van der Waals surface area (Å²) in [7, 11) is 5.36. The zero-order valence-electron chi connectivity index (χ0n) is 53.3. The first-order valence-corrected chi connectivity index (χ1v) is 32.5. The molecule has 0 spiro atoms. The van der Waals surface area contributed by atoms with Gasteiger partial charge in [-0.1, -0.05) is 94.5 Å². The minimum atomic E-state index is -5.22. The topological polar surface area (TPSA) is 325 Å². The number of benzene rings is 2. The number of methoxy groups -OCH3 is 2. The number of likely N-dealkylation sites (N-methyl/N-ethyl adjacent to an activating group) is 1. The zero-order chi connectivity index (χ0) is 68.8. The van der Waals surface area contributed by atoms with Crippen molar-refractivity contribution in [3.63, 3.8) is 0 Å². The summed E-state index contributed by atoms with van der Waals surface area (Å²) in [5, 5.41) is 24.8. The number of alkyl carbamates (subject to hydrolysis) is 1. The number of esters is 1. The molecule has 3 aliphatic rings. The van der Waals surface area contributed by atoms with Gasteiger partial charge in [-0.2, -0.15) is 13.2 Å². The molecule has 4 bridgehead atoms. The zero-order valence-corrected chi connectivity index (χ0v) is 57.2. The third-order valence-corrected chi connectivity index (χ3v) is 18.8. The number of ether oxygens (including phenoxy) is 6. The van der Waals surface area contributed by atoms with Crippen LogP contribution in [0.3, 0.4) is 0 Å². The van der Waals surface area contributed by atoms with Crippen LogP contribution in [0.1, 0.15) is 121 Å². The Labute approximate surface area is 554 Å². The molecule has 0 saturated carbocycles. The van der Waals surface area contributed by atoms with Gasteiger partial charge in [0.05, 0.1) is 42.7 Å². The monoisotopic (exact) mass is 1450 g/mol. The maximum absolute atomic E-state index is 15.1. The van der Waals surface area contributed by atoms with Gasteiger partial charge >= 0.3 is 24.3 Å². The quantitative estimate of drug-likeness (QED) is 0.0157. The number of fused-ring (bicyclic) bond motifs is 5. The average molecular weight is 1450 g/mol. The standard InChI is InChI=1S/C62H84Br2ClF3N8O16/c1-33(2)51(73-48(78)20-13-12-17-35(4)91-60(30-63,31-64)32-77)54(81)72-42(18-15-23-70-57(69)84)53(80)71-41-22-21-39(27-40(41)62(66,67)68)55(82)75(8)37(6)56(83)90-47-28-49(79)76(9)43-25-38(26-44(87-10)50(43)65)24-34(3)16-14-19-46(88-11)61(86)29-45(89-58(85)74-61)36(5)52-59(47,7)92-52/h14,16,19,21-22,25-27,32-33,35-37,42,45-47,51-52,86H,12-13,15,17-18,20,23-24,28-31H2,1-11H3,(H,71,80)(H,72,81)(H,73,78)(H,74,85)(H3,69,70,84)/b19-14+,34-16+/t35?,36-,37+,42+,45+,46-,47+,51+,52+,59+,61+/m1/s1. The number of nitrogens with one attached hydrogen (secondary N) is 5. The number of nitrogens with two attached hydrogens (primary N) is 1. The van der Waals surface area contributed by atoms with Crippen LogP contribution < -0.4 is 42.0 Å². The molecule has 2 fully saturated rings. The molecule has 11 atom stereocenters. The van der Waals surface area contributed by atoms with Crippen LogP contribution in [-0.4, -0.2) is 175 Å². The summed E-state index contributed by atoms with van der Waals surface area (Å²) in [6, 6.07) is 0.459. The molecule has 2 aromatic rings. The van der Waals surface area contributed by atoms with Crippen molar-refractivity contribution in [2.45, 2.75) is 178 Å². The number of primary amides is 1. The van der Waals surface area contributed by atoms with Crippen LogP contribution in [0.4, 0.5) is 34.1 Å². The van der Waals surface area contributed by atoms with Gasteiger partial charge in [-0.05, 0) is 102 Å². The van der Waals surface area contributed by atoms with Crippen LogP contribution in [0.2, 0.25) is 5.02 Å². The lowest BCUT2D eigenvalue weighted by molar-refractivity contribution is -0.158. The number of amides is 8. The lowest BCUT2D eigenvalue weighted by atomic mass is 9.83. The molecule has 1 unspecified atom stereocenters. The van der Waals surface area contributed by atoms with Gasteiger partial charge in [0, 0.05) is 62.7 Å². The van der Waals surface area contributed by atoms with Gasteiger partial charge in [-0.3, -0.25) is 29.3 Å². The van der Waals surface area contributed by atoms with Gasteiger partial charge < -0.3 is 75.1 Å². The van der Waals surface area contributed by atoms with E-state index < -0.39 is 148 Å². The van der Waals surface area contributed by atoms with E-state index >= 15 is 13.2 Å². The highest BCUT2D eigenvalue weighted by atomic mass is 79.9. The number of unbranched alkanes of at least 4 members (excludes halogenated alkanes) is 1. The summed E-state index contributed by atoms with van der Waals surface area (Å²) in [5.74, 6) is -6.34. The Kier molecular flexibility index (Phi) is 27.5. The minimum absolute atomic E-state index is 0.000351. The summed E-state index contributed by atoms with van der Waals surface area (Å²) in [6.07, 6.45) is -4.47. The second kappa shape index (κ2) is 33.1. The molecule has 0 radical (unpaired) electrons. The SMILES string of the molecule is COc1cc2cc(c1Cl)N(C)C(=O)C[C@H](OC(=O)[C@H](C)N(C)C(=O)c1ccc(NC(=O)[C@H](CCCNC(N)=O)NC(=O)[C@@H](NC(=O)CCCCC(C)OC(C=O)(CBr)CBr)C(C)C)c(C(F)(F)F)c1)[C@]1(C)O[C@H]1[C@H](C)[C@@H]1C[C@@](O)(NC(=O)O1)[C@H](OC)/C=C/C=C(\C)C2. The van der Waals surface area contributed by atoms with Gasteiger partial charge in [0.15, 0.2) is 12.0 Å². The number of alkyl halides is 5. The number of rotatable bonds is 26. The lowest BCUT2D eigenvalue weighted by Crippen LogP contribution is -2.63. The third kappa shape index (κ3) is 19.8. The molecule has 2 saturated heterocycles. The first kappa shape index (κ1) is 76.3. The summed E-state index contributed by atoms with van der Waals surface area (Å²) >= 11 is 13.4. The number of nitrogens with zero attached hydrogens (tertiary/aromatic N) is 2. The number of epoxide rings is 1. The normalized spacial score (nSPS) is 24.1. The van der Waals surface area contributed by atoms with Crippen molar-refractivity contribution in [1.82, 2.24) is 26.2 Å². The molecule has 2 aromatic carbocycles. The number of hydrogen-bond donors (Lipinski definition) is 7. The fourth-order valence-corrected chi connectivity index (χ4v) is 12.6. The number of urea groups is 1. The summed E-state index contributed by atoms with van der Waals surface area (Å²) in [5.41, 5.74) is -0.478. The Hall–Kier alpha value is -6.37. The predicted octanol–water partition coefficient (Wildman–Crippen LogP) is 7.55.